The van der Waals surface area contributed by atoms with Crippen LogP contribution in [0.2, 0.25) is 0 Å². The molecule has 1 spiro atoms. The molecule has 2 nitrogen and oxygen atoms in total. The maximum atomic E-state index is 12.4. The average Bonchev–Trinajstić information content (AvgIpc) is 3.00. The molecule has 0 amide bonds. The van der Waals surface area contributed by atoms with Crippen LogP contribution in [0.25, 0.3) is 0 Å². The van der Waals surface area contributed by atoms with Gasteiger partial charge in [0.1, 0.15) is 0 Å². The molecule has 3 rings (SSSR count). The minimum absolute atomic E-state index is 0.0811. The molecule has 3 aliphatic rings. The molecule has 2 aliphatic carbocycles. The molecule has 94 valence electrons. The number of hydrogen-bond acceptors (Lipinski definition) is 2. The molecule has 0 aromatic rings. The SMILES string of the molecule is O=C(C1=CCCC1)C1CCOC2(CCCC2)C1. The van der Waals surface area contributed by atoms with Gasteiger partial charge in [0.2, 0.25) is 0 Å². The third kappa shape index (κ3) is 2.20. The van der Waals surface area contributed by atoms with Gasteiger partial charge in [0.05, 0.1) is 5.60 Å². The van der Waals surface area contributed by atoms with Crippen molar-refractivity contribution in [3.05, 3.63) is 11.6 Å². The fourth-order valence-electron chi connectivity index (χ4n) is 3.78. The Morgan fingerprint density at radius 2 is 2.12 bits per heavy atom. The molecule has 0 radical (unpaired) electrons. The number of carbonyl (C=O) groups excluding carboxylic acids is 1. The van der Waals surface area contributed by atoms with Gasteiger partial charge in [0.25, 0.3) is 0 Å². The van der Waals surface area contributed by atoms with Crippen molar-refractivity contribution in [3.8, 4) is 0 Å². The van der Waals surface area contributed by atoms with E-state index in [1.54, 1.807) is 0 Å². The van der Waals surface area contributed by atoms with E-state index in [-0.39, 0.29) is 11.5 Å². The van der Waals surface area contributed by atoms with Crippen molar-refractivity contribution in [1.29, 1.82) is 0 Å². The molecule has 0 aromatic heterocycles. The van der Waals surface area contributed by atoms with Gasteiger partial charge in [-0.05, 0) is 50.5 Å². The van der Waals surface area contributed by atoms with E-state index in [1.165, 1.54) is 32.1 Å². The third-order valence-corrected chi connectivity index (χ3v) is 4.74. The van der Waals surface area contributed by atoms with Gasteiger partial charge in [0, 0.05) is 12.5 Å². The summed E-state index contributed by atoms with van der Waals surface area (Å²) < 4.78 is 6.00. The highest BCUT2D eigenvalue weighted by Crippen LogP contribution is 2.43. The number of ether oxygens (including phenoxy) is 1. The molecule has 1 unspecified atom stereocenters. The van der Waals surface area contributed by atoms with E-state index in [9.17, 15) is 4.79 Å². The maximum absolute atomic E-state index is 12.4. The lowest BCUT2D eigenvalue weighted by atomic mass is 9.80. The number of Topliss-reactive ketones (excluding diaryl/α,β-unsaturated/α-hetero) is 1. The highest BCUT2D eigenvalue weighted by molar-refractivity contribution is 5.97. The molecule has 1 heterocycles. The summed E-state index contributed by atoms with van der Waals surface area (Å²) in [7, 11) is 0. The summed E-state index contributed by atoms with van der Waals surface area (Å²) >= 11 is 0. The molecule has 1 atom stereocenters. The van der Waals surface area contributed by atoms with Crippen molar-refractivity contribution < 1.29 is 9.53 Å². The van der Waals surface area contributed by atoms with Gasteiger partial charge in [-0.3, -0.25) is 4.79 Å². The van der Waals surface area contributed by atoms with E-state index in [4.69, 9.17) is 4.74 Å². The zero-order valence-corrected chi connectivity index (χ0v) is 10.5. The minimum atomic E-state index is 0.0811. The quantitative estimate of drug-likeness (QED) is 0.732. The Morgan fingerprint density at radius 3 is 2.82 bits per heavy atom. The van der Waals surface area contributed by atoms with E-state index in [1.807, 2.05) is 0 Å². The lowest BCUT2D eigenvalue weighted by molar-refractivity contribution is -0.133. The average molecular weight is 234 g/mol. The van der Waals surface area contributed by atoms with E-state index in [0.717, 1.165) is 37.9 Å². The maximum Gasteiger partial charge on any atom is 0.161 e. The summed E-state index contributed by atoms with van der Waals surface area (Å²) in [5.41, 5.74) is 1.20. The second-order valence-electron chi connectivity index (χ2n) is 5.91. The van der Waals surface area contributed by atoms with Crippen LogP contribution in [0.5, 0.6) is 0 Å². The van der Waals surface area contributed by atoms with Crippen molar-refractivity contribution in [3.63, 3.8) is 0 Å². The van der Waals surface area contributed by atoms with Crippen molar-refractivity contribution in [2.24, 2.45) is 5.92 Å². The molecule has 1 aliphatic heterocycles. The predicted octanol–water partition coefficient (Wildman–Crippen LogP) is 3.41. The summed E-state index contributed by atoms with van der Waals surface area (Å²) in [6.45, 7) is 0.795. The zero-order valence-electron chi connectivity index (χ0n) is 10.5. The van der Waals surface area contributed by atoms with Crippen molar-refractivity contribution in [1.82, 2.24) is 0 Å². The highest BCUT2D eigenvalue weighted by Gasteiger charge is 2.42. The van der Waals surface area contributed by atoms with Crippen LogP contribution in [0.3, 0.4) is 0 Å². The van der Waals surface area contributed by atoms with Crippen LogP contribution in [0.15, 0.2) is 11.6 Å². The monoisotopic (exact) mass is 234 g/mol. The van der Waals surface area contributed by atoms with Crippen LogP contribution in [-0.4, -0.2) is 18.0 Å². The van der Waals surface area contributed by atoms with Crippen LogP contribution >= 0.6 is 0 Å². The Kier molecular flexibility index (Phi) is 3.08. The van der Waals surface area contributed by atoms with Gasteiger partial charge in [-0.25, -0.2) is 0 Å². The zero-order chi connectivity index (χ0) is 11.7. The molecule has 1 saturated carbocycles. The normalized spacial score (nSPS) is 31.8. The first-order chi connectivity index (χ1) is 8.29. The van der Waals surface area contributed by atoms with Gasteiger partial charge >= 0.3 is 0 Å². The van der Waals surface area contributed by atoms with E-state index in [2.05, 4.69) is 6.08 Å². The van der Waals surface area contributed by atoms with Gasteiger partial charge in [-0.15, -0.1) is 0 Å². The lowest BCUT2D eigenvalue weighted by Gasteiger charge is -2.37. The van der Waals surface area contributed by atoms with E-state index in [0.29, 0.717) is 5.78 Å². The number of hydrogen-bond donors (Lipinski definition) is 0. The van der Waals surface area contributed by atoms with Gasteiger partial charge < -0.3 is 4.74 Å². The Morgan fingerprint density at radius 1 is 1.29 bits per heavy atom. The Labute approximate surface area is 103 Å². The van der Waals surface area contributed by atoms with Gasteiger partial charge in [-0.1, -0.05) is 18.9 Å². The van der Waals surface area contributed by atoms with Crippen molar-refractivity contribution >= 4 is 5.78 Å². The minimum Gasteiger partial charge on any atom is -0.375 e. The van der Waals surface area contributed by atoms with Crippen LogP contribution in [0, 0.1) is 5.92 Å². The second-order valence-corrected chi connectivity index (χ2v) is 5.91. The lowest BCUT2D eigenvalue weighted by Crippen LogP contribution is -2.40. The van der Waals surface area contributed by atoms with Crippen molar-refractivity contribution in [2.45, 2.75) is 63.4 Å². The topological polar surface area (TPSA) is 26.3 Å². The Hall–Kier alpha value is -0.630. The smallest absolute Gasteiger partial charge is 0.161 e. The molecular weight excluding hydrogens is 212 g/mol. The number of carbonyl (C=O) groups is 1. The third-order valence-electron chi connectivity index (χ3n) is 4.74. The van der Waals surface area contributed by atoms with E-state index >= 15 is 0 Å². The van der Waals surface area contributed by atoms with Crippen LogP contribution in [0.1, 0.15) is 57.8 Å². The van der Waals surface area contributed by atoms with Crippen LogP contribution in [0.4, 0.5) is 0 Å². The Balaban J connectivity index is 1.69. The summed E-state index contributed by atoms with van der Waals surface area (Å²) in [5, 5.41) is 0. The fraction of sp³-hybridized carbons (Fsp3) is 0.800. The molecule has 0 N–H and O–H groups in total. The van der Waals surface area contributed by atoms with Gasteiger partial charge in [-0.2, -0.15) is 0 Å². The summed E-state index contributed by atoms with van der Waals surface area (Å²) in [5.74, 6) is 0.697. The molecule has 1 saturated heterocycles. The second kappa shape index (κ2) is 4.56. The number of allylic oxidation sites excluding steroid dienone is 2. The Bertz CT molecular complexity index is 337. The van der Waals surface area contributed by atoms with Crippen LogP contribution < -0.4 is 0 Å². The highest BCUT2D eigenvalue weighted by atomic mass is 16.5. The molecule has 2 heteroatoms. The molecular formula is C15H22O2. The predicted molar refractivity (Wildman–Crippen MR) is 66.8 cm³/mol. The molecule has 2 fully saturated rings. The first kappa shape index (κ1) is 11.5. The first-order valence-corrected chi connectivity index (χ1v) is 7.16. The summed E-state index contributed by atoms with van der Waals surface area (Å²) in [6.07, 6.45) is 12.3. The molecule has 17 heavy (non-hydrogen) atoms. The van der Waals surface area contributed by atoms with E-state index < -0.39 is 0 Å². The fourth-order valence-corrected chi connectivity index (χ4v) is 3.78. The van der Waals surface area contributed by atoms with Crippen LogP contribution in [-0.2, 0) is 9.53 Å². The van der Waals surface area contributed by atoms with Crippen molar-refractivity contribution in [2.75, 3.05) is 6.61 Å². The number of ketones is 1. The van der Waals surface area contributed by atoms with Gasteiger partial charge in [0.15, 0.2) is 5.78 Å². The molecule has 0 aromatic carbocycles. The summed E-state index contributed by atoms with van der Waals surface area (Å²) in [4.78, 5) is 12.4. The first-order valence-electron chi connectivity index (χ1n) is 7.16. The largest absolute Gasteiger partial charge is 0.375 e. The molecule has 0 bridgehead atoms. The number of rotatable bonds is 2. The standard InChI is InChI=1S/C15H22O2/c16-14(12-5-1-2-6-12)13-7-10-17-15(11-13)8-3-4-9-15/h5,13H,1-4,6-11H2. The summed E-state index contributed by atoms with van der Waals surface area (Å²) in [6, 6.07) is 0.